The van der Waals surface area contributed by atoms with Gasteiger partial charge in [0.1, 0.15) is 8.07 Å². The van der Waals surface area contributed by atoms with Crippen LogP contribution in [0.5, 0.6) is 0 Å². The van der Waals surface area contributed by atoms with Crippen LogP contribution in [0.25, 0.3) is 33.4 Å². The third kappa shape index (κ3) is 4.76. The molecule has 0 bridgehead atoms. The second kappa shape index (κ2) is 12.2. The van der Waals surface area contributed by atoms with Crippen molar-refractivity contribution in [3.63, 3.8) is 0 Å². The second-order valence-electron chi connectivity index (χ2n) is 13.4. The van der Waals surface area contributed by atoms with Gasteiger partial charge < -0.3 is 4.90 Å². The topological polar surface area (TPSA) is 3.24 Å². The van der Waals surface area contributed by atoms with Crippen LogP contribution in [0.15, 0.2) is 200 Å². The SMILES string of the molecule is [2H]c1cc([2H])c(-c2cc([2H])c(N(c3c([2H])cc(C4(c5c([2H])cc([2H])cc5[2H])c5cc([2H])cc([2H])c5-c5c([2H])cc([2H])cc54)cc3[2H])c3c([2H])cc4c(c3[2H])[Si](C)(C)c3cc([2H])cc([2H])c3-4)c([2H])c2)c([2H])c1. The van der Waals surface area contributed by atoms with Crippen molar-refractivity contribution in [2.45, 2.75) is 18.5 Å². The molecule has 0 spiro atoms. The maximum absolute atomic E-state index is 10.0. The number of rotatable bonds is 6. The summed E-state index contributed by atoms with van der Waals surface area (Å²) < 4.78 is 165. The summed E-state index contributed by atoms with van der Waals surface area (Å²) in [6.07, 6.45) is 0. The van der Waals surface area contributed by atoms with Crippen molar-refractivity contribution in [2.75, 3.05) is 4.90 Å². The van der Waals surface area contributed by atoms with E-state index in [9.17, 15) is 11.0 Å². The molecule has 0 amide bonds. The maximum atomic E-state index is 10.0. The van der Waals surface area contributed by atoms with E-state index in [0.717, 1.165) is 0 Å². The van der Waals surface area contributed by atoms with Crippen LogP contribution in [-0.4, -0.2) is 8.07 Å². The molecule has 8 aromatic carbocycles. The smallest absolute Gasteiger partial charge is 0.113 e. The zero-order valence-electron chi connectivity index (χ0n) is 46.6. The predicted octanol–water partition coefficient (Wildman–Crippen LogP) is 12.0. The third-order valence-electron chi connectivity index (χ3n) is 10.3. The highest BCUT2D eigenvalue weighted by Gasteiger charge is 2.46. The first-order valence-corrected chi connectivity index (χ1v) is 20.1. The van der Waals surface area contributed by atoms with E-state index < -0.39 is 37.7 Å². The Bertz CT molecular complexity index is 3550. The monoisotopic (exact) mass is 711 g/mol. The molecule has 2 heteroatoms. The molecule has 10 rings (SSSR count). The normalized spacial score (nSPS) is 18.9. The van der Waals surface area contributed by atoms with Gasteiger partial charge in [-0.2, -0.15) is 0 Å². The van der Waals surface area contributed by atoms with Gasteiger partial charge in [-0.15, -0.1) is 0 Å². The van der Waals surface area contributed by atoms with E-state index in [4.69, 9.17) is 13.7 Å². The Hall–Kier alpha value is -6.22. The van der Waals surface area contributed by atoms with E-state index in [2.05, 4.69) is 0 Å². The minimum absolute atomic E-state index is 0.0416. The molecule has 0 unspecified atom stereocenters. The fraction of sp³-hybridized carbons (Fsp3) is 0.0588. The Morgan fingerprint density at radius 1 is 0.434 bits per heavy atom. The fourth-order valence-electron chi connectivity index (χ4n) is 7.85. The van der Waals surface area contributed by atoms with Crippen LogP contribution in [-0.2, 0) is 5.41 Å². The Morgan fingerprint density at radius 3 is 1.60 bits per heavy atom. The van der Waals surface area contributed by atoms with Crippen LogP contribution in [0.3, 0.4) is 0 Å². The van der Waals surface area contributed by atoms with Crippen molar-refractivity contribution in [3.05, 3.63) is 222 Å². The zero-order valence-corrected chi connectivity index (χ0v) is 29.6. The summed E-state index contributed by atoms with van der Waals surface area (Å²) in [5.74, 6) is 0. The minimum atomic E-state index is -2.98. The number of fused-ring (bicyclic) bond motifs is 6. The van der Waals surface area contributed by atoms with Gasteiger partial charge in [0, 0.05) is 17.1 Å². The lowest BCUT2D eigenvalue weighted by atomic mass is 9.68. The highest BCUT2D eigenvalue weighted by atomic mass is 28.3. The Balaban J connectivity index is 1.31. The van der Waals surface area contributed by atoms with E-state index in [1.165, 1.54) is 89.8 Å². The molecule has 8 aromatic rings. The van der Waals surface area contributed by atoms with Crippen LogP contribution < -0.4 is 15.3 Å². The van der Waals surface area contributed by atoms with Crippen molar-refractivity contribution in [3.8, 4) is 33.4 Å². The molecule has 53 heavy (non-hydrogen) atoms. The third-order valence-corrected chi connectivity index (χ3v) is 13.7. The van der Waals surface area contributed by atoms with Gasteiger partial charge in [-0.3, -0.25) is 0 Å². The largest absolute Gasteiger partial charge is 0.311 e. The van der Waals surface area contributed by atoms with Crippen LogP contribution in [0, 0.1) is 0 Å². The maximum Gasteiger partial charge on any atom is 0.113 e. The molecular formula is C51H39NSi. The van der Waals surface area contributed by atoms with E-state index in [0.29, 0.717) is 21.5 Å². The summed E-state index contributed by atoms with van der Waals surface area (Å²) >= 11 is 0. The lowest BCUT2D eigenvalue weighted by Crippen LogP contribution is -2.49. The molecule has 252 valence electrons. The standard InChI is InChI=1S/C51H39NSi/c1-53(2)49-24-14-11-21-45(49)46-34-33-42(35-50(46)53)52(40-29-25-37(26-30-40)36-15-5-3-6-16-36)41-31-27-39(28-32-41)51(38-17-7-4-8-18-38)47-22-12-9-19-43(47)44-20-10-13-23-48(44)51/h3-35H,1-2H3/i3D,4D,12D,13D,14D,15D,16D,17D,18D,19D,20D,21D,29D,30D,31D,32D,33D,35D. The van der Waals surface area contributed by atoms with Crippen molar-refractivity contribution < 1.29 is 24.7 Å². The molecule has 0 saturated heterocycles. The Labute approximate surface area is 338 Å². The molecule has 0 atom stereocenters. The molecule has 0 fully saturated rings. The van der Waals surface area contributed by atoms with Gasteiger partial charge in [0.2, 0.25) is 0 Å². The first kappa shape index (κ1) is 18.0. The minimum Gasteiger partial charge on any atom is -0.311 e. The molecule has 1 aliphatic carbocycles. The molecule has 1 nitrogen and oxygen atoms in total. The molecule has 0 N–H and O–H groups in total. The highest BCUT2D eigenvalue weighted by molar-refractivity contribution is 7.03. The molecule has 0 aromatic heterocycles. The Kier molecular flexibility index (Phi) is 4.14. The molecule has 2 aliphatic rings. The van der Waals surface area contributed by atoms with Gasteiger partial charge in [0.05, 0.1) is 30.1 Å². The van der Waals surface area contributed by atoms with E-state index in [-0.39, 0.29) is 146 Å². The van der Waals surface area contributed by atoms with Gasteiger partial charge in [0.25, 0.3) is 0 Å². The molecular weight excluding hydrogens is 655 g/mol. The van der Waals surface area contributed by atoms with E-state index in [1.54, 1.807) is 6.07 Å². The van der Waals surface area contributed by atoms with Gasteiger partial charge in [-0.25, -0.2) is 0 Å². The molecule has 1 heterocycles. The summed E-state index contributed by atoms with van der Waals surface area (Å²) in [7, 11) is -2.98. The number of hydrogen-bond donors (Lipinski definition) is 0. The number of nitrogens with zero attached hydrogens (tertiary/aromatic N) is 1. The number of hydrogen-bond acceptors (Lipinski definition) is 1. The summed E-state index contributed by atoms with van der Waals surface area (Å²) in [6, 6.07) is 16.1. The van der Waals surface area contributed by atoms with Crippen LogP contribution in [0.2, 0.25) is 13.1 Å². The van der Waals surface area contributed by atoms with Crippen LogP contribution in [0.4, 0.5) is 17.1 Å². The zero-order chi connectivity index (χ0) is 51.2. The van der Waals surface area contributed by atoms with E-state index >= 15 is 0 Å². The predicted molar refractivity (Wildman–Crippen MR) is 226 cm³/mol. The quantitative estimate of drug-likeness (QED) is 0.155. The van der Waals surface area contributed by atoms with E-state index in [1.807, 2.05) is 13.1 Å². The Morgan fingerprint density at radius 2 is 0.962 bits per heavy atom. The average Bonchev–Trinajstić information content (AvgIpc) is 3.64. The first-order chi connectivity index (χ1) is 33.4. The molecule has 1 aliphatic heterocycles. The first-order valence-electron chi connectivity index (χ1n) is 26.1. The fourth-order valence-corrected chi connectivity index (χ4v) is 10.7. The second-order valence-corrected chi connectivity index (χ2v) is 17.7. The van der Waals surface area contributed by atoms with Crippen molar-refractivity contribution in [1.29, 1.82) is 0 Å². The lowest BCUT2D eigenvalue weighted by molar-refractivity contribution is 0.768. The van der Waals surface area contributed by atoms with Gasteiger partial charge >= 0.3 is 0 Å². The van der Waals surface area contributed by atoms with Crippen LogP contribution >= 0.6 is 0 Å². The van der Waals surface area contributed by atoms with Gasteiger partial charge in [-0.05, 0) is 102 Å². The summed E-state index contributed by atoms with van der Waals surface area (Å²) in [6.45, 7) is 3.90. The number of anilines is 3. The van der Waals surface area contributed by atoms with Gasteiger partial charge in [-0.1, -0.05) is 177 Å². The number of benzene rings is 8. The molecule has 0 radical (unpaired) electrons. The highest BCUT2D eigenvalue weighted by Crippen LogP contribution is 2.56. The summed E-state index contributed by atoms with van der Waals surface area (Å²) in [5.41, 5.74) is -0.967. The lowest BCUT2D eigenvalue weighted by Gasteiger charge is -2.34. The summed E-state index contributed by atoms with van der Waals surface area (Å²) in [4.78, 5) is 1.17. The average molecular weight is 712 g/mol. The van der Waals surface area contributed by atoms with Crippen molar-refractivity contribution in [1.82, 2.24) is 0 Å². The van der Waals surface area contributed by atoms with Gasteiger partial charge in [0.15, 0.2) is 0 Å². The van der Waals surface area contributed by atoms with Crippen molar-refractivity contribution in [2.24, 2.45) is 0 Å². The summed E-state index contributed by atoms with van der Waals surface area (Å²) in [5, 5.41) is 1.19. The van der Waals surface area contributed by atoms with Crippen molar-refractivity contribution >= 4 is 35.5 Å². The van der Waals surface area contributed by atoms with Crippen LogP contribution in [0.1, 0.15) is 46.9 Å². The molecule has 0 saturated carbocycles.